The number of allylic oxidation sites excluding steroid dienone is 3. The predicted octanol–water partition coefficient (Wildman–Crippen LogP) is 3.70. The summed E-state index contributed by atoms with van der Waals surface area (Å²) in [6.45, 7) is 6.97. The molecule has 0 radical (unpaired) electrons. The molecule has 0 atom stereocenters. The van der Waals surface area contributed by atoms with E-state index < -0.39 is 0 Å². The first-order chi connectivity index (χ1) is 11.2. The predicted molar refractivity (Wildman–Crippen MR) is 99.5 cm³/mol. The standard InChI is InChI=1S/C19H24N4/c1-4-15-5-7-18(8-6-15)23-14(2)19-11-17(13-22-19)16(12-20)9-10-21-3/h5-9,12-13,20-21,23H,2,4,10-11H2,1,3H3/b16-9+,20-12?. The van der Waals surface area contributed by atoms with Gasteiger partial charge in [0.15, 0.2) is 0 Å². The Labute approximate surface area is 138 Å². The van der Waals surface area contributed by atoms with Gasteiger partial charge in [-0.15, -0.1) is 0 Å². The van der Waals surface area contributed by atoms with Crippen molar-refractivity contribution in [3.63, 3.8) is 0 Å². The lowest BCUT2D eigenvalue weighted by Gasteiger charge is -2.11. The number of nitrogens with one attached hydrogen (secondary N) is 3. The minimum absolute atomic E-state index is 0.698. The Morgan fingerprint density at radius 3 is 2.70 bits per heavy atom. The molecule has 0 saturated carbocycles. The van der Waals surface area contributed by atoms with Crippen molar-refractivity contribution in [3.8, 4) is 0 Å². The molecule has 23 heavy (non-hydrogen) atoms. The molecule has 1 aromatic rings. The van der Waals surface area contributed by atoms with Crippen molar-refractivity contribution in [1.29, 1.82) is 5.41 Å². The fourth-order valence-electron chi connectivity index (χ4n) is 2.35. The van der Waals surface area contributed by atoms with Gasteiger partial charge < -0.3 is 16.0 Å². The van der Waals surface area contributed by atoms with Gasteiger partial charge in [-0.3, -0.25) is 4.99 Å². The molecule has 4 nitrogen and oxygen atoms in total. The summed E-state index contributed by atoms with van der Waals surface area (Å²) in [5.74, 6) is 0. The SMILES string of the molecule is C=C(Nc1ccc(CC)cc1)C1=NC=C(/C(C=N)=C/CNC)C1. The third kappa shape index (κ3) is 4.50. The Morgan fingerprint density at radius 2 is 2.09 bits per heavy atom. The van der Waals surface area contributed by atoms with Gasteiger partial charge in [0, 0.05) is 31.1 Å². The van der Waals surface area contributed by atoms with E-state index in [-0.39, 0.29) is 0 Å². The van der Waals surface area contributed by atoms with Gasteiger partial charge in [-0.1, -0.05) is 31.7 Å². The van der Waals surface area contributed by atoms with Crippen molar-refractivity contribution in [2.24, 2.45) is 4.99 Å². The van der Waals surface area contributed by atoms with Crippen LogP contribution >= 0.6 is 0 Å². The first-order valence-corrected chi connectivity index (χ1v) is 7.84. The lowest BCUT2D eigenvalue weighted by atomic mass is 10.0. The van der Waals surface area contributed by atoms with E-state index in [0.29, 0.717) is 6.42 Å². The van der Waals surface area contributed by atoms with E-state index >= 15 is 0 Å². The molecule has 1 aliphatic rings. The van der Waals surface area contributed by atoms with Crippen LogP contribution in [0.1, 0.15) is 18.9 Å². The van der Waals surface area contributed by atoms with Crippen molar-refractivity contribution >= 4 is 17.6 Å². The van der Waals surface area contributed by atoms with Crippen LogP contribution in [0.25, 0.3) is 0 Å². The van der Waals surface area contributed by atoms with Gasteiger partial charge in [-0.25, -0.2) is 0 Å². The Morgan fingerprint density at radius 1 is 1.35 bits per heavy atom. The van der Waals surface area contributed by atoms with Crippen LogP contribution in [0.2, 0.25) is 0 Å². The molecule has 1 aliphatic heterocycles. The number of nitrogens with zero attached hydrogens (tertiary/aromatic N) is 1. The fourth-order valence-corrected chi connectivity index (χ4v) is 2.35. The number of aryl methyl sites for hydroxylation is 1. The van der Waals surface area contributed by atoms with E-state index in [1.54, 1.807) is 0 Å². The molecule has 0 amide bonds. The molecule has 1 heterocycles. The second-order valence-corrected chi connectivity index (χ2v) is 5.42. The summed E-state index contributed by atoms with van der Waals surface area (Å²) in [6.07, 6.45) is 6.93. The van der Waals surface area contributed by atoms with Crippen molar-refractivity contribution in [3.05, 3.63) is 65.5 Å². The van der Waals surface area contributed by atoms with Crippen molar-refractivity contribution in [1.82, 2.24) is 5.32 Å². The molecule has 0 saturated heterocycles. The van der Waals surface area contributed by atoms with E-state index in [9.17, 15) is 0 Å². The van der Waals surface area contributed by atoms with Gasteiger partial charge in [-0.05, 0) is 42.3 Å². The second-order valence-electron chi connectivity index (χ2n) is 5.42. The zero-order valence-corrected chi connectivity index (χ0v) is 13.8. The molecule has 4 heteroatoms. The van der Waals surface area contributed by atoms with Crippen LogP contribution in [-0.4, -0.2) is 25.5 Å². The molecule has 0 fully saturated rings. The molecule has 1 aromatic carbocycles. The van der Waals surface area contributed by atoms with Crippen LogP contribution in [-0.2, 0) is 6.42 Å². The first-order valence-electron chi connectivity index (χ1n) is 7.84. The molecule has 0 aromatic heterocycles. The number of rotatable bonds is 8. The second kappa shape index (κ2) is 8.25. The molecular formula is C19H24N4. The summed E-state index contributed by atoms with van der Waals surface area (Å²) in [7, 11) is 1.89. The topological polar surface area (TPSA) is 60.3 Å². The van der Waals surface area contributed by atoms with Crippen LogP contribution in [0.3, 0.4) is 0 Å². The average Bonchev–Trinajstić information content (AvgIpc) is 3.06. The maximum absolute atomic E-state index is 7.54. The minimum atomic E-state index is 0.698. The van der Waals surface area contributed by atoms with E-state index in [0.717, 1.165) is 41.2 Å². The van der Waals surface area contributed by atoms with Gasteiger partial charge in [0.25, 0.3) is 0 Å². The number of anilines is 1. The molecular weight excluding hydrogens is 284 g/mol. The number of benzene rings is 1. The van der Waals surface area contributed by atoms with Crippen LogP contribution in [0.4, 0.5) is 5.69 Å². The lowest BCUT2D eigenvalue weighted by Crippen LogP contribution is -2.10. The van der Waals surface area contributed by atoms with E-state index in [2.05, 4.69) is 53.4 Å². The molecule has 2 rings (SSSR count). The quantitative estimate of drug-likeness (QED) is 0.641. The van der Waals surface area contributed by atoms with E-state index in [1.165, 1.54) is 11.8 Å². The number of aliphatic imine (C=N–C) groups is 1. The maximum atomic E-state index is 7.54. The van der Waals surface area contributed by atoms with Crippen LogP contribution < -0.4 is 10.6 Å². The van der Waals surface area contributed by atoms with Gasteiger partial charge in [-0.2, -0.15) is 0 Å². The highest BCUT2D eigenvalue weighted by Crippen LogP contribution is 2.23. The third-order valence-electron chi connectivity index (χ3n) is 3.79. The van der Waals surface area contributed by atoms with Crippen molar-refractivity contribution < 1.29 is 0 Å². The number of hydrogen-bond acceptors (Lipinski definition) is 4. The van der Waals surface area contributed by atoms with E-state index in [4.69, 9.17) is 5.41 Å². The zero-order valence-electron chi connectivity index (χ0n) is 13.8. The van der Waals surface area contributed by atoms with Crippen LogP contribution in [0.15, 0.2) is 65.0 Å². The van der Waals surface area contributed by atoms with Gasteiger partial charge >= 0.3 is 0 Å². The molecule has 120 valence electrons. The Bertz CT molecular complexity index is 663. The molecule has 0 unspecified atom stereocenters. The molecule has 3 N–H and O–H groups in total. The number of hydrogen-bond donors (Lipinski definition) is 3. The average molecular weight is 308 g/mol. The summed E-state index contributed by atoms with van der Waals surface area (Å²) in [6, 6.07) is 8.35. The summed E-state index contributed by atoms with van der Waals surface area (Å²) in [5, 5.41) is 13.9. The normalized spacial score (nSPS) is 14.3. The lowest BCUT2D eigenvalue weighted by molar-refractivity contribution is 0.916. The zero-order chi connectivity index (χ0) is 16.7. The van der Waals surface area contributed by atoms with Crippen LogP contribution in [0.5, 0.6) is 0 Å². The Kier molecular flexibility index (Phi) is 6.06. The highest BCUT2D eigenvalue weighted by atomic mass is 14.9. The van der Waals surface area contributed by atoms with Crippen molar-refractivity contribution in [2.45, 2.75) is 19.8 Å². The molecule has 0 bridgehead atoms. The highest BCUT2D eigenvalue weighted by Gasteiger charge is 2.15. The minimum Gasteiger partial charge on any atom is -0.355 e. The van der Waals surface area contributed by atoms with E-state index in [1.807, 2.05) is 19.3 Å². The van der Waals surface area contributed by atoms with Gasteiger partial charge in [0.05, 0.1) is 11.4 Å². The molecule has 0 aliphatic carbocycles. The smallest absolute Gasteiger partial charge is 0.0676 e. The summed E-state index contributed by atoms with van der Waals surface area (Å²) in [4.78, 5) is 4.45. The Hall–Kier alpha value is -2.46. The third-order valence-corrected chi connectivity index (χ3v) is 3.79. The summed E-state index contributed by atoms with van der Waals surface area (Å²) in [5.41, 5.74) is 6.00. The largest absolute Gasteiger partial charge is 0.355 e. The highest BCUT2D eigenvalue weighted by molar-refractivity contribution is 6.06. The van der Waals surface area contributed by atoms with Crippen molar-refractivity contribution in [2.75, 3.05) is 18.9 Å². The van der Waals surface area contributed by atoms with Gasteiger partial charge in [0.2, 0.25) is 0 Å². The monoisotopic (exact) mass is 308 g/mol. The number of likely N-dealkylation sites (N-methyl/N-ethyl adjacent to an activating group) is 1. The fraction of sp³-hybridized carbons (Fsp3) is 0.263. The summed E-state index contributed by atoms with van der Waals surface area (Å²) >= 11 is 0. The Balaban J connectivity index is 1.96. The first kappa shape index (κ1) is 16.9. The molecule has 0 spiro atoms. The van der Waals surface area contributed by atoms with Gasteiger partial charge in [0.1, 0.15) is 0 Å². The summed E-state index contributed by atoms with van der Waals surface area (Å²) < 4.78 is 0. The van der Waals surface area contributed by atoms with Crippen LogP contribution in [0, 0.1) is 5.41 Å². The maximum Gasteiger partial charge on any atom is 0.0676 e.